The maximum Gasteiger partial charge on any atom is 0.251 e. The zero-order valence-electron chi connectivity index (χ0n) is 13.4. The van der Waals surface area contributed by atoms with Crippen molar-refractivity contribution in [2.45, 2.75) is 52.9 Å². The van der Waals surface area contributed by atoms with E-state index in [0.717, 1.165) is 48.2 Å². The predicted molar refractivity (Wildman–Crippen MR) is 83.7 cm³/mol. The molecular formula is C17H27NO2. The molecule has 1 aromatic carbocycles. The second-order valence-corrected chi connectivity index (χ2v) is 5.53. The van der Waals surface area contributed by atoms with Gasteiger partial charge in [-0.15, -0.1) is 0 Å². The molecule has 0 aliphatic carbocycles. The van der Waals surface area contributed by atoms with Gasteiger partial charge in [-0.3, -0.25) is 4.79 Å². The molecule has 0 spiro atoms. The van der Waals surface area contributed by atoms with E-state index in [1.807, 2.05) is 19.1 Å². The number of carbonyl (C=O) groups is 1. The first-order chi connectivity index (χ1) is 9.51. The number of aryl methyl sites for hydroxylation is 1. The Labute approximate surface area is 122 Å². The summed E-state index contributed by atoms with van der Waals surface area (Å²) in [6, 6.07) is 3.92. The average molecular weight is 277 g/mol. The molecule has 0 aliphatic heterocycles. The van der Waals surface area contributed by atoms with Crippen molar-refractivity contribution < 1.29 is 9.53 Å². The molecule has 0 bridgehead atoms. The molecule has 112 valence electrons. The van der Waals surface area contributed by atoms with Gasteiger partial charge in [0.05, 0.1) is 7.11 Å². The maximum absolute atomic E-state index is 12.3. The summed E-state index contributed by atoms with van der Waals surface area (Å²) in [5, 5.41) is 3.00. The van der Waals surface area contributed by atoms with Crippen molar-refractivity contribution in [3.05, 3.63) is 28.8 Å². The van der Waals surface area contributed by atoms with Crippen molar-refractivity contribution >= 4 is 5.91 Å². The van der Waals surface area contributed by atoms with E-state index in [-0.39, 0.29) is 5.91 Å². The Hall–Kier alpha value is -1.51. The smallest absolute Gasteiger partial charge is 0.251 e. The second-order valence-electron chi connectivity index (χ2n) is 5.53. The fraction of sp³-hybridized carbons (Fsp3) is 0.588. The number of amides is 1. The highest BCUT2D eigenvalue weighted by Crippen LogP contribution is 2.29. The minimum atomic E-state index is 0.0168. The summed E-state index contributed by atoms with van der Waals surface area (Å²) in [6.07, 6.45) is 3.35. The van der Waals surface area contributed by atoms with E-state index in [0.29, 0.717) is 5.92 Å². The van der Waals surface area contributed by atoms with E-state index >= 15 is 0 Å². The number of carbonyl (C=O) groups excluding carboxylic acids is 1. The first-order valence-corrected chi connectivity index (χ1v) is 7.48. The lowest BCUT2D eigenvalue weighted by molar-refractivity contribution is 0.0952. The number of methoxy groups -OCH3 is 1. The molecule has 0 aromatic heterocycles. The largest absolute Gasteiger partial charge is 0.496 e. The van der Waals surface area contributed by atoms with Gasteiger partial charge in [-0.05, 0) is 42.5 Å². The van der Waals surface area contributed by atoms with E-state index in [1.54, 1.807) is 7.11 Å². The Bertz CT molecular complexity index is 453. The SMILES string of the molecule is CCCCCNC(=O)c1cc(C(C)C)c(OC)cc1C. The lowest BCUT2D eigenvalue weighted by Crippen LogP contribution is -2.25. The first kappa shape index (κ1) is 16.5. The Morgan fingerprint density at radius 1 is 1.30 bits per heavy atom. The Morgan fingerprint density at radius 2 is 2.00 bits per heavy atom. The van der Waals surface area contributed by atoms with Crippen LogP contribution in [0.2, 0.25) is 0 Å². The highest BCUT2D eigenvalue weighted by Gasteiger charge is 2.15. The van der Waals surface area contributed by atoms with Crippen LogP contribution >= 0.6 is 0 Å². The van der Waals surface area contributed by atoms with Gasteiger partial charge in [-0.2, -0.15) is 0 Å². The molecule has 0 aliphatic rings. The van der Waals surface area contributed by atoms with Crippen LogP contribution in [0.5, 0.6) is 5.75 Å². The fourth-order valence-corrected chi connectivity index (χ4v) is 2.24. The molecule has 20 heavy (non-hydrogen) atoms. The van der Waals surface area contributed by atoms with Crippen LogP contribution in [-0.4, -0.2) is 19.6 Å². The number of nitrogens with one attached hydrogen (secondary N) is 1. The van der Waals surface area contributed by atoms with Gasteiger partial charge in [0.1, 0.15) is 5.75 Å². The van der Waals surface area contributed by atoms with Crippen LogP contribution in [-0.2, 0) is 0 Å². The van der Waals surface area contributed by atoms with Crippen LogP contribution in [0.25, 0.3) is 0 Å². The monoisotopic (exact) mass is 277 g/mol. The number of unbranched alkanes of at least 4 members (excludes halogenated alkanes) is 2. The summed E-state index contributed by atoms with van der Waals surface area (Å²) in [4.78, 5) is 12.3. The summed E-state index contributed by atoms with van der Waals surface area (Å²) >= 11 is 0. The van der Waals surface area contributed by atoms with E-state index in [1.165, 1.54) is 0 Å². The van der Waals surface area contributed by atoms with Crippen LogP contribution in [0, 0.1) is 6.92 Å². The molecule has 0 fully saturated rings. The molecule has 0 saturated carbocycles. The predicted octanol–water partition coefficient (Wildman–Crippen LogP) is 4.05. The van der Waals surface area contributed by atoms with Crippen molar-refractivity contribution in [2.24, 2.45) is 0 Å². The molecule has 0 radical (unpaired) electrons. The van der Waals surface area contributed by atoms with E-state index in [4.69, 9.17) is 4.74 Å². The van der Waals surface area contributed by atoms with Crippen LogP contribution in [0.3, 0.4) is 0 Å². The van der Waals surface area contributed by atoms with Gasteiger partial charge in [0.2, 0.25) is 0 Å². The molecular weight excluding hydrogens is 250 g/mol. The molecule has 3 nitrogen and oxygen atoms in total. The normalized spacial score (nSPS) is 10.7. The minimum Gasteiger partial charge on any atom is -0.496 e. The quantitative estimate of drug-likeness (QED) is 0.764. The van der Waals surface area contributed by atoms with Crippen LogP contribution in [0.4, 0.5) is 0 Å². The summed E-state index contributed by atoms with van der Waals surface area (Å²) in [6.45, 7) is 9.07. The standard InChI is InChI=1S/C17H27NO2/c1-6-7-8-9-18-17(19)15-11-14(12(2)3)16(20-5)10-13(15)4/h10-12H,6-9H2,1-5H3,(H,18,19). The first-order valence-electron chi connectivity index (χ1n) is 7.48. The number of hydrogen-bond acceptors (Lipinski definition) is 2. The summed E-state index contributed by atoms with van der Waals surface area (Å²) in [5.41, 5.74) is 2.79. The second kappa shape index (κ2) is 7.93. The number of rotatable bonds is 7. The number of benzene rings is 1. The minimum absolute atomic E-state index is 0.0168. The van der Waals surface area contributed by atoms with E-state index < -0.39 is 0 Å². The van der Waals surface area contributed by atoms with E-state index in [2.05, 4.69) is 26.1 Å². The van der Waals surface area contributed by atoms with Gasteiger partial charge < -0.3 is 10.1 Å². The van der Waals surface area contributed by atoms with Gasteiger partial charge in [-0.25, -0.2) is 0 Å². The highest BCUT2D eigenvalue weighted by atomic mass is 16.5. The maximum atomic E-state index is 12.3. The molecule has 0 unspecified atom stereocenters. The molecule has 1 N–H and O–H groups in total. The van der Waals surface area contributed by atoms with E-state index in [9.17, 15) is 4.79 Å². The molecule has 0 saturated heterocycles. The zero-order valence-corrected chi connectivity index (χ0v) is 13.4. The van der Waals surface area contributed by atoms with Gasteiger partial charge in [0, 0.05) is 12.1 Å². The molecule has 0 atom stereocenters. The van der Waals surface area contributed by atoms with Crippen molar-refractivity contribution in [1.29, 1.82) is 0 Å². The molecule has 1 rings (SSSR count). The van der Waals surface area contributed by atoms with Crippen molar-refractivity contribution in [1.82, 2.24) is 5.32 Å². The summed E-state index contributed by atoms with van der Waals surface area (Å²) in [7, 11) is 1.67. The molecule has 1 amide bonds. The third-order valence-corrected chi connectivity index (χ3v) is 3.51. The average Bonchev–Trinajstić information content (AvgIpc) is 2.42. The van der Waals surface area contributed by atoms with Crippen molar-refractivity contribution in [3.8, 4) is 5.75 Å². The lowest BCUT2D eigenvalue weighted by atomic mass is 9.96. The third-order valence-electron chi connectivity index (χ3n) is 3.51. The summed E-state index contributed by atoms with van der Waals surface area (Å²) < 4.78 is 5.40. The summed E-state index contributed by atoms with van der Waals surface area (Å²) in [5.74, 6) is 1.21. The van der Waals surface area contributed by atoms with Crippen molar-refractivity contribution in [3.63, 3.8) is 0 Å². The molecule has 3 heteroatoms. The Morgan fingerprint density at radius 3 is 2.55 bits per heavy atom. The Kier molecular flexibility index (Phi) is 6.56. The topological polar surface area (TPSA) is 38.3 Å². The zero-order chi connectivity index (χ0) is 15.1. The molecule has 1 aromatic rings. The van der Waals surface area contributed by atoms with Gasteiger partial charge in [0.25, 0.3) is 5.91 Å². The highest BCUT2D eigenvalue weighted by molar-refractivity contribution is 5.96. The Balaban J connectivity index is 2.88. The number of ether oxygens (including phenoxy) is 1. The molecule has 0 heterocycles. The van der Waals surface area contributed by atoms with Crippen molar-refractivity contribution in [2.75, 3.05) is 13.7 Å². The lowest BCUT2D eigenvalue weighted by Gasteiger charge is -2.16. The van der Waals surface area contributed by atoms with Gasteiger partial charge >= 0.3 is 0 Å². The van der Waals surface area contributed by atoms with Crippen LogP contribution in [0.1, 0.15) is 67.4 Å². The van der Waals surface area contributed by atoms with Gasteiger partial charge in [-0.1, -0.05) is 33.6 Å². The fourth-order valence-electron chi connectivity index (χ4n) is 2.24. The third kappa shape index (κ3) is 4.26. The number of hydrogen-bond donors (Lipinski definition) is 1. The van der Waals surface area contributed by atoms with Crippen LogP contribution < -0.4 is 10.1 Å². The van der Waals surface area contributed by atoms with Gasteiger partial charge in [0.15, 0.2) is 0 Å². The van der Waals surface area contributed by atoms with Crippen LogP contribution in [0.15, 0.2) is 12.1 Å².